The highest BCUT2D eigenvalue weighted by molar-refractivity contribution is 6.30. The number of likely N-dealkylation sites (N-methyl/N-ethyl adjacent to an activating group) is 1. The predicted molar refractivity (Wildman–Crippen MR) is 103 cm³/mol. The summed E-state index contributed by atoms with van der Waals surface area (Å²) in [6.45, 7) is 2.63. The van der Waals surface area contributed by atoms with E-state index in [-0.39, 0.29) is 22.4 Å². The molecule has 1 atom stereocenters. The van der Waals surface area contributed by atoms with Gasteiger partial charge in [-0.3, -0.25) is 14.5 Å². The minimum absolute atomic E-state index is 0.00799. The van der Waals surface area contributed by atoms with E-state index in [2.05, 4.69) is 4.90 Å². The molecule has 1 aromatic rings. The van der Waals surface area contributed by atoms with Gasteiger partial charge in [-0.2, -0.15) is 0 Å². The molecule has 2 aliphatic heterocycles. The van der Waals surface area contributed by atoms with E-state index < -0.39 is 5.82 Å². The van der Waals surface area contributed by atoms with Crippen LogP contribution in [0.5, 0.6) is 0 Å². The SMILES string of the molecule is CN(C)C(=O)CN1CCC[C@]12CCCN(C(=O)c1ccc(Cl)c(F)c1)CC2. The van der Waals surface area contributed by atoms with Gasteiger partial charge in [0.1, 0.15) is 5.82 Å². The summed E-state index contributed by atoms with van der Waals surface area (Å²) in [5, 5.41) is 0.0218. The highest BCUT2D eigenvalue weighted by Crippen LogP contribution is 2.38. The number of hydrogen-bond acceptors (Lipinski definition) is 3. The molecule has 0 N–H and O–H groups in total. The van der Waals surface area contributed by atoms with E-state index in [1.165, 1.54) is 12.1 Å². The minimum atomic E-state index is -0.571. The van der Waals surface area contributed by atoms with Crippen molar-refractivity contribution >= 4 is 23.4 Å². The number of nitrogens with zero attached hydrogens (tertiary/aromatic N) is 3. The standard InChI is InChI=1S/C20H27ClFN3O2/c1-23(2)18(26)14-25-11-4-8-20(25)7-3-10-24(12-9-20)19(27)15-5-6-16(21)17(22)13-15/h5-6,13H,3-4,7-12,14H2,1-2H3/t20-/m0/s1. The van der Waals surface area contributed by atoms with Crippen molar-refractivity contribution in [2.75, 3.05) is 40.3 Å². The molecule has 0 radical (unpaired) electrons. The van der Waals surface area contributed by atoms with Crippen LogP contribution in [-0.4, -0.2) is 72.3 Å². The van der Waals surface area contributed by atoms with Crippen LogP contribution in [-0.2, 0) is 4.79 Å². The molecule has 2 heterocycles. The van der Waals surface area contributed by atoms with E-state index in [0.29, 0.717) is 25.2 Å². The Morgan fingerprint density at radius 3 is 2.52 bits per heavy atom. The fourth-order valence-electron chi connectivity index (χ4n) is 4.31. The van der Waals surface area contributed by atoms with Gasteiger partial charge >= 0.3 is 0 Å². The molecular formula is C20H27ClFN3O2. The van der Waals surface area contributed by atoms with E-state index in [1.54, 1.807) is 25.1 Å². The fraction of sp³-hybridized carbons (Fsp3) is 0.600. The van der Waals surface area contributed by atoms with Gasteiger partial charge in [0.2, 0.25) is 5.91 Å². The van der Waals surface area contributed by atoms with Gasteiger partial charge in [0, 0.05) is 38.3 Å². The molecule has 2 saturated heterocycles. The van der Waals surface area contributed by atoms with Crippen molar-refractivity contribution in [3.8, 4) is 0 Å². The topological polar surface area (TPSA) is 43.9 Å². The van der Waals surface area contributed by atoms with Gasteiger partial charge in [-0.05, 0) is 56.8 Å². The number of likely N-dealkylation sites (tertiary alicyclic amines) is 2. The van der Waals surface area contributed by atoms with E-state index >= 15 is 0 Å². The molecule has 0 aromatic heterocycles. The third kappa shape index (κ3) is 4.27. The number of halogens is 2. The molecule has 0 aliphatic carbocycles. The molecule has 0 bridgehead atoms. The van der Waals surface area contributed by atoms with Crippen molar-refractivity contribution in [3.63, 3.8) is 0 Å². The molecule has 27 heavy (non-hydrogen) atoms. The third-order valence-corrected chi connectivity index (χ3v) is 6.24. The van der Waals surface area contributed by atoms with E-state index in [4.69, 9.17) is 11.6 Å². The van der Waals surface area contributed by atoms with Gasteiger partial charge in [-0.1, -0.05) is 11.6 Å². The minimum Gasteiger partial charge on any atom is -0.348 e. The summed E-state index contributed by atoms with van der Waals surface area (Å²) in [5.41, 5.74) is 0.324. The normalized spacial score (nSPS) is 23.5. The molecule has 2 amide bonds. The number of hydrogen-bond donors (Lipinski definition) is 0. The number of benzene rings is 1. The van der Waals surface area contributed by atoms with E-state index in [1.807, 2.05) is 4.90 Å². The first-order chi connectivity index (χ1) is 12.8. The Morgan fingerprint density at radius 2 is 1.85 bits per heavy atom. The van der Waals surface area contributed by atoms with Crippen LogP contribution in [0.2, 0.25) is 5.02 Å². The summed E-state index contributed by atoms with van der Waals surface area (Å²) in [5.74, 6) is -0.611. The maximum absolute atomic E-state index is 13.7. The summed E-state index contributed by atoms with van der Waals surface area (Å²) in [4.78, 5) is 30.8. The Bertz CT molecular complexity index is 727. The van der Waals surface area contributed by atoms with Gasteiger partial charge in [-0.15, -0.1) is 0 Å². The Hall–Kier alpha value is -1.66. The molecule has 3 rings (SSSR count). The summed E-state index contributed by atoms with van der Waals surface area (Å²) < 4.78 is 13.7. The van der Waals surface area contributed by atoms with Crippen molar-refractivity contribution in [2.45, 2.75) is 37.6 Å². The summed E-state index contributed by atoms with van der Waals surface area (Å²) >= 11 is 5.72. The first-order valence-corrected chi connectivity index (χ1v) is 9.90. The van der Waals surface area contributed by atoms with Crippen LogP contribution in [0.4, 0.5) is 4.39 Å². The van der Waals surface area contributed by atoms with Crippen molar-refractivity contribution in [1.29, 1.82) is 0 Å². The number of carbonyl (C=O) groups is 2. The highest BCUT2D eigenvalue weighted by atomic mass is 35.5. The lowest BCUT2D eigenvalue weighted by Crippen LogP contribution is -2.48. The summed E-state index contributed by atoms with van der Waals surface area (Å²) in [6.07, 6.45) is 4.85. The fourth-order valence-corrected chi connectivity index (χ4v) is 4.42. The van der Waals surface area contributed by atoms with Crippen molar-refractivity contribution in [3.05, 3.63) is 34.6 Å². The molecule has 0 unspecified atom stereocenters. The second kappa shape index (κ2) is 8.15. The van der Waals surface area contributed by atoms with Gasteiger partial charge in [0.05, 0.1) is 11.6 Å². The Balaban J connectivity index is 1.70. The zero-order valence-electron chi connectivity index (χ0n) is 16.0. The lowest BCUT2D eigenvalue weighted by Gasteiger charge is -2.38. The van der Waals surface area contributed by atoms with Crippen molar-refractivity contribution < 1.29 is 14.0 Å². The zero-order chi connectivity index (χ0) is 19.6. The second-order valence-corrected chi connectivity index (χ2v) is 8.22. The predicted octanol–water partition coefficient (Wildman–Crippen LogP) is 3.03. The van der Waals surface area contributed by atoms with Crippen LogP contribution >= 0.6 is 11.6 Å². The monoisotopic (exact) mass is 395 g/mol. The largest absolute Gasteiger partial charge is 0.348 e. The van der Waals surface area contributed by atoms with Crippen LogP contribution in [0.25, 0.3) is 0 Å². The van der Waals surface area contributed by atoms with Gasteiger partial charge < -0.3 is 9.80 Å². The van der Waals surface area contributed by atoms with Gasteiger partial charge in [-0.25, -0.2) is 4.39 Å². The van der Waals surface area contributed by atoms with E-state index in [0.717, 1.165) is 38.6 Å². The Kier molecular flexibility index (Phi) is 6.06. The highest BCUT2D eigenvalue weighted by Gasteiger charge is 2.42. The van der Waals surface area contributed by atoms with Crippen LogP contribution in [0.15, 0.2) is 18.2 Å². The first-order valence-electron chi connectivity index (χ1n) is 9.52. The molecule has 2 fully saturated rings. The average molecular weight is 396 g/mol. The van der Waals surface area contributed by atoms with Crippen LogP contribution < -0.4 is 0 Å². The number of carbonyl (C=O) groups excluding carboxylic acids is 2. The number of amides is 2. The molecular weight excluding hydrogens is 369 g/mol. The molecule has 2 aliphatic rings. The number of rotatable bonds is 3. The van der Waals surface area contributed by atoms with Crippen LogP contribution in [0, 0.1) is 5.82 Å². The molecule has 7 heteroatoms. The van der Waals surface area contributed by atoms with Crippen molar-refractivity contribution in [1.82, 2.24) is 14.7 Å². The lowest BCUT2D eigenvalue weighted by atomic mass is 9.87. The van der Waals surface area contributed by atoms with Gasteiger partial charge in [0.15, 0.2) is 0 Å². The third-order valence-electron chi connectivity index (χ3n) is 5.94. The average Bonchev–Trinajstić information content (AvgIpc) is 2.88. The first kappa shape index (κ1) is 20.1. The quantitative estimate of drug-likeness (QED) is 0.790. The smallest absolute Gasteiger partial charge is 0.253 e. The van der Waals surface area contributed by atoms with Crippen LogP contribution in [0.1, 0.15) is 42.5 Å². The Labute approximate surface area is 165 Å². The molecule has 1 spiro atoms. The lowest BCUT2D eigenvalue weighted by molar-refractivity contribution is -0.131. The second-order valence-electron chi connectivity index (χ2n) is 7.81. The van der Waals surface area contributed by atoms with E-state index in [9.17, 15) is 14.0 Å². The molecule has 148 valence electrons. The maximum Gasteiger partial charge on any atom is 0.253 e. The maximum atomic E-state index is 13.7. The van der Waals surface area contributed by atoms with Crippen LogP contribution in [0.3, 0.4) is 0 Å². The summed E-state index contributed by atoms with van der Waals surface area (Å²) in [7, 11) is 3.56. The van der Waals surface area contributed by atoms with Crippen molar-refractivity contribution in [2.24, 2.45) is 0 Å². The van der Waals surface area contributed by atoms with Gasteiger partial charge in [0.25, 0.3) is 5.91 Å². The molecule has 5 nitrogen and oxygen atoms in total. The summed E-state index contributed by atoms with van der Waals surface area (Å²) in [6, 6.07) is 4.21. The zero-order valence-corrected chi connectivity index (χ0v) is 16.8. The molecule has 1 aromatic carbocycles. The molecule has 0 saturated carbocycles. The Morgan fingerprint density at radius 1 is 1.15 bits per heavy atom.